The van der Waals surface area contributed by atoms with Gasteiger partial charge in [-0.25, -0.2) is 4.68 Å². The predicted molar refractivity (Wildman–Crippen MR) is 73.2 cm³/mol. The summed E-state index contributed by atoms with van der Waals surface area (Å²) in [5.41, 5.74) is 0.0730. The molecule has 1 aliphatic rings. The van der Waals surface area contributed by atoms with E-state index in [0.717, 1.165) is 4.68 Å². The SMILES string of the molecule is CCOC(=O)Cn1ncc(N2CCOCC2)c(Cl)c1=O. The maximum absolute atomic E-state index is 12.1. The van der Waals surface area contributed by atoms with E-state index in [0.29, 0.717) is 32.0 Å². The predicted octanol–water partition coefficient (Wildman–Crippen LogP) is 0.296. The number of halogens is 1. The zero-order valence-electron chi connectivity index (χ0n) is 11.2. The summed E-state index contributed by atoms with van der Waals surface area (Å²) in [6, 6.07) is 0. The monoisotopic (exact) mass is 301 g/mol. The van der Waals surface area contributed by atoms with Gasteiger partial charge in [0, 0.05) is 13.1 Å². The van der Waals surface area contributed by atoms with E-state index >= 15 is 0 Å². The Hall–Kier alpha value is -1.60. The average molecular weight is 302 g/mol. The number of aromatic nitrogens is 2. The van der Waals surface area contributed by atoms with E-state index in [-0.39, 0.29) is 18.2 Å². The Bertz CT molecular complexity index is 540. The van der Waals surface area contributed by atoms with Crippen molar-refractivity contribution in [2.24, 2.45) is 0 Å². The summed E-state index contributed by atoms with van der Waals surface area (Å²) in [5.74, 6) is -0.516. The van der Waals surface area contributed by atoms with Crippen molar-refractivity contribution >= 4 is 23.3 Å². The molecule has 2 rings (SSSR count). The van der Waals surface area contributed by atoms with Crippen LogP contribution in [0.1, 0.15) is 6.92 Å². The first-order valence-corrected chi connectivity index (χ1v) is 6.75. The van der Waals surface area contributed by atoms with Crippen LogP contribution < -0.4 is 10.5 Å². The fourth-order valence-corrected chi connectivity index (χ4v) is 2.19. The van der Waals surface area contributed by atoms with Crippen molar-refractivity contribution < 1.29 is 14.3 Å². The van der Waals surface area contributed by atoms with Gasteiger partial charge >= 0.3 is 5.97 Å². The van der Waals surface area contributed by atoms with Gasteiger partial charge in [-0.05, 0) is 6.92 Å². The number of hydrogen-bond donors (Lipinski definition) is 0. The smallest absolute Gasteiger partial charge is 0.327 e. The van der Waals surface area contributed by atoms with Crippen LogP contribution in [0, 0.1) is 0 Å². The summed E-state index contributed by atoms with van der Waals surface area (Å²) in [6.45, 7) is 4.20. The molecule has 0 bridgehead atoms. The minimum Gasteiger partial charge on any atom is -0.465 e. The van der Waals surface area contributed by atoms with Crippen LogP contribution in [0.15, 0.2) is 11.0 Å². The van der Waals surface area contributed by atoms with Crippen molar-refractivity contribution in [3.63, 3.8) is 0 Å². The second-order valence-electron chi connectivity index (χ2n) is 4.21. The number of carbonyl (C=O) groups is 1. The van der Waals surface area contributed by atoms with Crippen molar-refractivity contribution in [1.82, 2.24) is 9.78 Å². The summed E-state index contributed by atoms with van der Waals surface area (Å²) in [5, 5.41) is 4.03. The second-order valence-corrected chi connectivity index (χ2v) is 4.59. The third kappa shape index (κ3) is 3.29. The Balaban J connectivity index is 2.20. The molecule has 1 aromatic heterocycles. The van der Waals surface area contributed by atoms with Gasteiger partial charge < -0.3 is 14.4 Å². The van der Waals surface area contributed by atoms with Gasteiger partial charge in [0.05, 0.1) is 31.7 Å². The Labute approximate surface area is 121 Å². The highest BCUT2D eigenvalue weighted by Gasteiger charge is 2.18. The van der Waals surface area contributed by atoms with Crippen LogP contribution in [0.3, 0.4) is 0 Å². The van der Waals surface area contributed by atoms with E-state index in [1.54, 1.807) is 6.92 Å². The van der Waals surface area contributed by atoms with Gasteiger partial charge in [0.2, 0.25) is 0 Å². The lowest BCUT2D eigenvalue weighted by Gasteiger charge is -2.29. The lowest BCUT2D eigenvalue weighted by molar-refractivity contribution is -0.144. The molecule has 0 atom stereocenters. The lowest BCUT2D eigenvalue weighted by atomic mass is 10.3. The summed E-state index contributed by atoms with van der Waals surface area (Å²) >= 11 is 6.08. The zero-order chi connectivity index (χ0) is 14.5. The molecular formula is C12H16ClN3O4. The van der Waals surface area contributed by atoms with Gasteiger partial charge in [-0.15, -0.1) is 0 Å². The molecule has 0 amide bonds. The molecule has 0 radical (unpaired) electrons. The highest BCUT2D eigenvalue weighted by Crippen LogP contribution is 2.21. The molecule has 0 N–H and O–H groups in total. The molecule has 1 fully saturated rings. The number of rotatable bonds is 4. The zero-order valence-corrected chi connectivity index (χ0v) is 11.9. The van der Waals surface area contributed by atoms with Crippen molar-refractivity contribution in [3.05, 3.63) is 21.6 Å². The Kier molecular flexibility index (Phi) is 4.97. The summed E-state index contributed by atoms with van der Waals surface area (Å²) in [6.07, 6.45) is 1.49. The molecule has 20 heavy (non-hydrogen) atoms. The molecule has 2 heterocycles. The number of morpholine rings is 1. The summed E-state index contributed by atoms with van der Waals surface area (Å²) in [7, 11) is 0. The minimum absolute atomic E-state index is 0.0613. The number of anilines is 1. The third-order valence-corrected chi connectivity index (χ3v) is 3.26. The van der Waals surface area contributed by atoms with Crippen molar-refractivity contribution in [2.45, 2.75) is 13.5 Å². The lowest BCUT2D eigenvalue weighted by Crippen LogP contribution is -2.38. The Morgan fingerprint density at radius 3 is 2.85 bits per heavy atom. The van der Waals surface area contributed by atoms with Crippen LogP contribution in [-0.4, -0.2) is 48.7 Å². The van der Waals surface area contributed by atoms with E-state index in [2.05, 4.69) is 5.10 Å². The molecule has 7 nitrogen and oxygen atoms in total. The average Bonchev–Trinajstić information content (AvgIpc) is 2.45. The van der Waals surface area contributed by atoms with Crippen molar-refractivity contribution in [3.8, 4) is 0 Å². The molecule has 0 aliphatic carbocycles. The van der Waals surface area contributed by atoms with E-state index in [1.165, 1.54) is 6.20 Å². The number of ether oxygens (including phenoxy) is 2. The van der Waals surface area contributed by atoms with E-state index in [9.17, 15) is 9.59 Å². The van der Waals surface area contributed by atoms with Crippen molar-refractivity contribution in [2.75, 3.05) is 37.8 Å². The van der Waals surface area contributed by atoms with Gasteiger partial charge in [0.1, 0.15) is 11.6 Å². The number of carbonyl (C=O) groups excluding carboxylic acids is 1. The van der Waals surface area contributed by atoms with Crippen LogP contribution in [0.5, 0.6) is 0 Å². The first kappa shape index (κ1) is 14.8. The number of esters is 1. The maximum atomic E-state index is 12.1. The maximum Gasteiger partial charge on any atom is 0.327 e. The third-order valence-electron chi connectivity index (χ3n) is 2.90. The first-order valence-electron chi connectivity index (χ1n) is 6.37. The van der Waals surface area contributed by atoms with E-state index in [4.69, 9.17) is 21.1 Å². The summed E-state index contributed by atoms with van der Waals surface area (Å²) < 4.78 is 11.0. The fourth-order valence-electron chi connectivity index (χ4n) is 1.92. The van der Waals surface area contributed by atoms with E-state index in [1.807, 2.05) is 4.90 Å². The molecule has 0 saturated carbocycles. The van der Waals surface area contributed by atoms with Crippen molar-refractivity contribution in [1.29, 1.82) is 0 Å². The molecule has 0 aromatic carbocycles. The first-order chi connectivity index (χ1) is 9.63. The Morgan fingerprint density at radius 1 is 1.50 bits per heavy atom. The molecule has 110 valence electrons. The van der Waals surface area contributed by atoms with Crippen LogP contribution in [0.4, 0.5) is 5.69 Å². The van der Waals surface area contributed by atoms with Gasteiger partial charge in [0.15, 0.2) is 0 Å². The van der Waals surface area contributed by atoms with Crippen LogP contribution in [0.2, 0.25) is 5.02 Å². The summed E-state index contributed by atoms with van der Waals surface area (Å²) in [4.78, 5) is 25.4. The fraction of sp³-hybridized carbons (Fsp3) is 0.583. The van der Waals surface area contributed by atoms with Gasteiger partial charge in [0.25, 0.3) is 5.56 Å². The molecule has 8 heteroatoms. The molecule has 1 aromatic rings. The Morgan fingerprint density at radius 2 is 2.20 bits per heavy atom. The molecule has 0 unspecified atom stereocenters. The number of nitrogens with zero attached hydrogens (tertiary/aromatic N) is 3. The topological polar surface area (TPSA) is 73.7 Å². The van der Waals surface area contributed by atoms with Crippen LogP contribution in [0.25, 0.3) is 0 Å². The minimum atomic E-state index is -0.516. The molecule has 1 aliphatic heterocycles. The quantitative estimate of drug-likeness (QED) is 0.745. The van der Waals surface area contributed by atoms with Gasteiger partial charge in [-0.3, -0.25) is 9.59 Å². The van der Waals surface area contributed by atoms with Gasteiger partial charge in [-0.2, -0.15) is 5.10 Å². The largest absolute Gasteiger partial charge is 0.465 e. The van der Waals surface area contributed by atoms with Gasteiger partial charge in [-0.1, -0.05) is 11.6 Å². The standard InChI is InChI=1S/C12H16ClN3O4/c1-2-20-10(17)8-16-12(18)11(13)9(7-14-16)15-3-5-19-6-4-15/h7H,2-6,8H2,1H3. The van der Waals surface area contributed by atoms with E-state index < -0.39 is 11.5 Å². The molecule has 0 spiro atoms. The van der Waals surface area contributed by atoms with Crippen LogP contribution >= 0.6 is 11.6 Å². The highest BCUT2D eigenvalue weighted by molar-refractivity contribution is 6.33. The molecule has 1 saturated heterocycles. The normalized spacial score (nSPS) is 15.2. The highest BCUT2D eigenvalue weighted by atomic mass is 35.5. The number of hydrogen-bond acceptors (Lipinski definition) is 6. The van der Waals surface area contributed by atoms with Crippen LogP contribution in [-0.2, 0) is 20.8 Å². The molecular weight excluding hydrogens is 286 g/mol. The second kappa shape index (κ2) is 6.71.